The maximum atomic E-state index is 9.86. The lowest BCUT2D eigenvalue weighted by Gasteiger charge is -2.34. The van der Waals surface area contributed by atoms with E-state index in [4.69, 9.17) is 5.26 Å². The molecule has 0 bridgehead atoms. The van der Waals surface area contributed by atoms with Crippen molar-refractivity contribution in [2.75, 3.05) is 26.2 Å². The number of aryl methyl sites for hydroxylation is 2. The predicted molar refractivity (Wildman–Crippen MR) is 89.5 cm³/mol. The smallest absolute Gasteiger partial charge is 0.121 e. The van der Waals surface area contributed by atoms with Crippen LogP contribution in [0.1, 0.15) is 29.2 Å². The van der Waals surface area contributed by atoms with E-state index in [1.165, 1.54) is 0 Å². The molecule has 1 aliphatic heterocycles. The normalized spacial score (nSPS) is 16.2. The van der Waals surface area contributed by atoms with Crippen LogP contribution in [0.3, 0.4) is 0 Å². The van der Waals surface area contributed by atoms with Gasteiger partial charge in [-0.25, -0.2) is 0 Å². The van der Waals surface area contributed by atoms with Gasteiger partial charge in [0.05, 0.1) is 12.5 Å². The fourth-order valence-electron chi connectivity index (χ4n) is 2.72. The molecule has 1 atom stereocenters. The van der Waals surface area contributed by atoms with E-state index in [0.717, 1.165) is 42.9 Å². The van der Waals surface area contributed by atoms with Crippen molar-refractivity contribution in [1.82, 2.24) is 10.2 Å². The zero-order valence-electron chi connectivity index (χ0n) is 12.4. The minimum atomic E-state index is 0. The minimum absolute atomic E-state index is 0. The van der Waals surface area contributed by atoms with Crippen LogP contribution >= 0.6 is 24.8 Å². The summed E-state index contributed by atoms with van der Waals surface area (Å²) in [5.74, 6) is 0.361. The van der Waals surface area contributed by atoms with Crippen molar-refractivity contribution in [1.29, 1.82) is 5.26 Å². The molecule has 1 heterocycles. The third-order valence-electron chi connectivity index (χ3n) is 3.78. The zero-order chi connectivity index (χ0) is 13.8. The largest absolute Gasteiger partial charge is 0.507 e. The number of benzene rings is 1. The lowest BCUT2D eigenvalue weighted by molar-refractivity contribution is 0.175. The van der Waals surface area contributed by atoms with Crippen molar-refractivity contribution in [3.8, 4) is 11.8 Å². The summed E-state index contributed by atoms with van der Waals surface area (Å²) in [7, 11) is 0. The average molecular weight is 332 g/mol. The lowest BCUT2D eigenvalue weighted by Crippen LogP contribution is -2.45. The first-order valence-corrected chi connectivity index (χ1v) is 6.75. The molecule has 0 aromatic heterocycles. The number of rotatable bonds is 3. The van der Waals surface area contributed by atoms with Crippen LogP contribution in [0.4, 0.5) is 0 Å². The minimum Gasteiger partial charge on any atom is -0.507 e. The van der Waals surface area contributed by atoms with Crippen LogP contribution in [0, 0.1) is 25.2 Å². The summed E-state index contributed by atoms with van der Waals surface area (Å²) < 4.78 is 0. The molecule has 0 saturated carbocycles. The highest BCUT2D eigenvalue weighted by Crippen LogP contribution is 2.30. The van der Waals surface area contributed by atoms with E-state index >= 15 is 0 Å². The average Bonchev–Trinajstić information content (AvgIpc) is 2.42. The van der Waals surface area contributed by atoms with Crippen LogP contribution < -0.4 is 5.32 Å². The number of hydrogen-bond acceptors (Lipinski definition) is 4. The molecule has 0 amide bonds. The first-order valence-electron chi connectivity index (χ1n) is 6.75. The van der Waals surface area contributed by atoms with Crippen LogP contribution in [0.25, 0.3) is 0 Å². The molecule has 1 fully saturated rings. The molecule has 0 spiro atoms. The van der Waals surface area contributed by atoms with E-state index in [9.17, 15) is 5.11 Å². The molecule has 1 saturated heterocycles. The van der Waals surface area contributed by atoms with Gasteiger partial charge in [0, 0.05) is 32.2 Å². The molecule has 4 nitrogen and oxygen atoms in total. The van der Waals surface area contributed by atoms with Crippen molar-refractivity contribution in [3.63, 3.8) is 0 Å². The summed E-state index contributed by atoms with van der Waals surface area (Å²) in [5.41, 5.74) is 2.90. The van der Waals surface area contributed by atoms with E-state index in [0.29, 0.717) is 12.2 Å². The third-order valence-corrected chi connectivity index (χ3v) is 3.78. The molecule has 1 aliphatic rings. The van der Waals surface area contributed by atoms with E-state index < -0.39 is 0 Å². The van der Waals surface area contributed by atoms with E-state index in [-0.39, 0.29) is 30.9 Å². The Morgan fingerprint density at radius 1 is 1.24 bits per heavy atom. The van der Waals surface area contributed by atoms with Gasteiger partial charge in [-0.1, -0.05) is 12.1 Å². The van der Waals surface area contributed by atoms with Crippen molar-refractivity contribution in [2.45, 2.75) is 26.3 Å². The highest BCUT2D eigenvalue weighted by Gasteiger charge is 2.22. The molecular formula is C15H23Cl2N3O. The Hall–Kier alpha value is -0.990. The predicted octanol–water partition coefficient (Wildman–Crippen LogP) is 2.71. The lowest BCUT2D eigenvalue weighted by atomic mass is 9.97. The van der Waals surface area contributed by atoms with Gasteiger partial charge in [-0.15, -0.1) is 24.8 Å². The molecule has 2 N–H and O–H groups in total. The quantitative estimate of drug-likeness (QED) is 0.894. The summed E-state index contributed by atoms with van der Waals surface area (Å²) in [5, 5.41) is 22.3. The van der Waals surface area contributed by atoms with Gasteiger partial charge >= 0.3 is 0 Å². The second kappa shape index (κ2) is 9.11. The van der Waals surface area contributed by atoms with Gasteiger partial charge in [-0.2, -0.15) is 5.26 Å². The maximum Gasteiger partial charge on any atom is 0.121 e. The van der Waals surface area contributed by atoms with Gasteiger partial charge in [0.15, 0.2) is 0 Å². The first-order chi connectivity index (χ1) is 9.13. The fourth-order valence-corrected chi connectivity index (χ4v) is 2.72. The second-order valence-electron chi connectivity index (χ2n) is 5.17. The Labute approximate surface area is 139 Å². The number of piperazine rings is 1. The highest BCUT2D eigenvalue weighted by atomic mass is 35.5. The molecule has 1 aromatic rings. The van der Waals surface area contributed by atoms with Gasteiger partial charge in [-0.3, -0.25) is 4.90 Å². The van der Waals surface area contributed by atoms with Gasteiger partial charge in [-0.05, 0) is 30.5 Å². The Kier molecular flexibility index (Phi) is 8.68. The third kappa shape index (κ3) is 4.76. The molecule has 118 valence electrons. The van der Waals surface area contributed by atoms with Gasteiger partial charge in [0.1, 0.15) is 5.75 Å². The standard InChI is InChI=1S/C15H21N3O.2ClH/c1-11-9-13(10-12(2)15(11)19)14(3-4-16)18-7-5-17-6-8-18;;/h9-10,14,17,19H,3,5-8H2,1-2H3;2*1H/t14-;;/m0../s1. The Morgan fingerprint density at radius 2 is 1.76 bits per heavy atom. The Morgan fingerprint density at radius 3 is 2.24 bits per heavy atom. The summed E-state index contributed by atoms with van der Waals surface area (Å²) >= 11 is 0. The Balaban J connectivity index is 0.00000200. The van der Waals surface area contributed by atoms with Crippen molar-refractivity contribution in [2.24, 2.45) is 0 Å². The second-order valence-corrected chi connectivity index (χ2v) is 5.17. The van der Waals surface area contributed by atoms with E-state index in [2.05, 4.69) is 16.3 Å². The van der Waals surface area contributed by atoms with Gasteiger partial charge < -0.3 is 10.4 Å². The topological polar surface area (TPSA) is 59.3 Å². The van der Waals surface area contributed by atoms with Crippen LogP contribution in [0.15, 0.2) is 12.1 Å². The van der Waals surface area contributed by atoms with Gasteiger partial charge in [0.25, 0.3) is 0 Å². The number of nitriles is 1. The van der Waals surface area contributed by atoms with E-state index in [1.54, 1.807) is 0 Å². The number of phenolic OH excluding ortho intramolecular Hbond substituents is 1. The molecular weight excluding hydrogens is 309 g/mol. The van der Waals surface area contributed by atoms with Crippen LogP contribution in [0.2, 0.25) is 0 Å². The molecule has 21 heavy (non-hydrogen) atoms. The van der Waals surface area contributed by atoms with Gasteiger partial charge in [0.2, 0.25) is 0 Å². The summed E-state index contributed by atoms with van der Waals surface area (Å²) in [6, 6.07) is 6.43. The Bertz CT molecular complexity index is 473. The van der Waals surface area contributed by atoms with Crippen molar-refractivity contribution < 1.29 is 5.11 Å². The summed E-state index contributed by atoms with van der Waals surface area (Å²) in [6.07, 6.45) is 0.490. The van der Waals surface area contributed by atoms with Crippen LogP contribution in [0.5, 0.6) is 5.75 Å². The number of hydrogen-bond donors (Lipinski definition) is 2. The van der Waals surface area contributed by atoms with Crippen molar-refractivity contribution in [3.05, 3.63) is 28.8 Å². The zero-order valence-corrected chi connectivity index (χ0v) is 14.1. The summed E-state index contributed by atoms with van der Waals surface area (Å²) in [6.45, 7) is 7.69. The molecule has 0 radical (unpaired) electrons. The van der Waals surface area contributed by atoms with Crippen LogP contribution in [-0.4, -0.2) is 36.2 Å². The number of nitrogens with one attached hydrogen (secondary N) is 1. The number of halogens is 2. The molecule has 0 unspecified atom stereocenters. The van der Waals surface area contributed by atoms with Crippen LogP contribution in [-0.2, 0) is 0 Å². The number of aromatic hydroxyl groups is 1. The fraction of sp³-hybridized carbons (Fsp3) is 0.533. The SMILES string of the molecule is Cc1cc([C@H](CC#N)N2CCNCC2)cc(C)c1O.Cl.Cl. The summed E-state index contributed by atoms with van der Waals surface area (Å²) in [4.78, 5) is 2.35. The molecule has 0 aliphatic carbocycles. The molecule has 6 heteroatoms. The highest BCUT2D eigenvalue weighted by molar-refractivity contribution is 5.85. The monoisotopic (exact) mass is 331 g/mol. The first kappa shape index (κ1) is 20.0. The van der Waals surface area contributed by atoms with E-state index in [1.807, 2.05) is 26.0 Å². The number of phenols is 1. The molecule has 2 rings (SSSR count). The molecule has 1 aromatic carbocycles. The number of nitrogens with zero attached hydrogens (tertiary/aromatic N) is 2. The maximum absolute atomic E-state index is 9.86. The van der Waals surface area contributed by atoms with Crippen molar-refractivity contribution >= 4 is 24.8 Å².